The molecule has 0 aliphatic rings. The Bertz CT molecular complexity index is 188. The third-order valence-electron chi connectivity index (χ3n) is 4.86. The number of rotatable bonds is 12. The Labute approximate surface area is 122 Å². The molecule has 0 aromatic carbocycles. The summed E-state index contributed by atoms with van der Waals surface area (Å²) in [5, 5.41) is 0. The van der Waals surface area contributed by atoms with Gasteiger partial charge in [0.1, 0.15) is 0 Å². The van der Waals surface area contributed by atoms with Gasteiger partial charge in [-0.25, -0.2) is 0 Å². The van der Waals surface area contributed by atoms with E-state index in [2.05, 4.69) is 34.6 Å². The van der Waals surface area contributed by atoms with E-state index in [0.29, 0.717) is 11.8 Å². The molecule has 0 aromatic heterocycles. The predicted octanol–water partition coefficient (Wildman–Crippen LogP) is 5.92. The summed E-state index contributed by atoms with van der Waals surface area (Å²) < 4.78 is 0. The molecule has 0 saturated heterocycles. The molecular formula is C18H39N. The van der Waals surface area contributed by atoms with E-state index in [1.54, 1.807) is 0 Å². The highest BCUT2D eigenvalue weighted by atomic mass is 14.8. The van der Waals surface area contributed by atoms with Crippen LogP contribution in [0.5, 0.6) is 0 Å². The monoisotopic (exact) mass is 269 g/mol. The predicted molar refractivity (Wildman–Crippen MR) is 88.4 cm³/mol. The van der Waals surface area contributed by atoms with E-state index in [1.165, 1.54) is 64.2 Å². The Morgan fingerprint density at radius 1 is 0.684 bits per heavy atom. The lowest BCUT2D eigenvalue weighted by molar-refractivity contribution is 0.201. The maximum Gasteiger partial charge on any atom is 0.0200 e. The molecule has 0 aliphatic heterocycles. The highest BCUT2D eigenvalue weighted by molar-refractivity contribution is 4.90. The molecule has 0 saturated carbocycles. The van der Waals surface area contributed by atoms with Crippen LogP contribution in [0.4, 0.5) is 0 Å². The largest absolute Gasteiger partial charge is 0.325 e. The minimum Gasteiger partial charge on any atom is -0.325 e. The Balaban J connectivity index is 3.57. The van der Waals surface area contributed by atoms with Crippen LogP contribution in [0.2, 0.25) is 0 Å². The van der Waals surface area contributed by atoms with Gasteiger partial charge in [-0.05, 0) is 18.3 Å². The van der Waals surface area contributed by atoms with Crippen LogP contribution in [0, 0.1) is 11.8 Å². The fourth-order valence-electron chi connectivity index (χ4n) is 2.99. The van der Waals surface area contributed by atoms with E-state index in [1.807, 2.05) is 0 Å². The molecule has 2 N–H and O–H groups in total. The molecule has 1 heteroatoms. The molecule has 0 aliphatic carbocycles. The van der Waals surface area contributed by atoms with E-state index < -0.39 is 0 Å². The smallest absolute Gasteiger partial charge is 0.0200 e. The van der Waals surface area contributed by atoms with Crippen LogP contribution in [-0.2, 0) is 0 Å². The molecule has 0 heterocycles. The second-order valence-electron chi connectivity index (χ2n) is 7.00. The lowest BCUT2D eigenvalue weighted by atomic mass is 9.74. The number of nitrogens with two attached hydrogens (primary N) is 1. The average molecular weight is 270 g/mol. The summed E-state index contributed by atoms with van der Waals surface area (Å²) in [7, 11) is 0. The summed E-state index contributed by atoms with van der Waals surface area (Å²) >= 11 is 0. The van der Waals surface area contributed by atoms with Crippen molar-refractivity contribution in [3.63, 3.8) is 0 Å². The highest BCUT2D eigenvalue weighted by Crippen LogP contribution is 2.29. The first kappa shape index (κ1) is 19.0. The van der Waals surface area contributed by atoms with Crippen molar-refractivity contribution in [2.24, 2.45) is 17.6 Å². The summed E-state index contributed by atoms with van der Waals surface area (Å²) in [6.45, 7) is 11.4. The second kappa shape index (κ2) is 10.7. The molecule has 0 aromatic rings. The van der Waals surface area contributed by atoms with E-state index in [0.717, 1.165) is 0 Å². The zero-order valence-electron chi connectivity index (χ0n) is 14.3. The minimum absolute atomic E-state index is 0.0428. The highest BCUT2D eigenvalue weighted by Gasteiger charge is 2.31. The number of hydrogen-bond acceptors (Lipinski definition) is 1. The van der Waals surface area contributed by atoms with Gasteiger partial charge in [0.15, 0.2) is 0 Å². The summed E-state index contributed by atoms with van der Waals surface area (Å²) in [6, 6.07) is 0. The molecule has 19 heavy (non-hydrogen) atoms. The Morgan fingerprint density at radius 2 is 1.05 bits per heavy atom. The van der Waals surface area contributed by atoms with Gasteiger partial charge in [-0.3, -0.25) is 0 Å². The van der Waals surface area contributed by atoms with Crippen molar-refractivity contribution < 1.29 is 0 Å². The van der Waals surface area contributed by atoms with E-state index in [9.17, 15) is 0 Å². The molecule has 0 bridgehead atoms. The number of hydrogen-bond donors (Lipinski definition) is 1. The Morgan fingerprint density at radius 3 is 1.42 bits per heavy atom. The maximum atomic E-state index is 6.58. The van der Waals surface area contributed by atoms with Crippen molar-refractivity contribution in [3.05, 3.63) is 0 Å². The van der Waals surface area contributed by atoms with Gasteiger partial charge in [-0.15, -0.1) is 0 Å². The Hall–Kier alpha value is -0.0400. The van der Waals surface area contributed by atoms with Crippen molar-refractivity contribution >= 4 is 0 Å². The summed E-state index contributed by atoms with van der Waals surface area (Å²) in [5.41, 5.74) is 6.62. The first-order valence-corrected chi connectivity index (χ1v) is 8.74. The van der Waals surface area contributed by atoms with Crippen molar-refractivity contribution in [1.82, 2.24) is 0 Å². The third-order valence-corrected chi connectivity index (χ3v) is 4.86. The molecule has 0 spiro atoms. The van der Waals surface area contributed by atoms with Crippen LogP contribution >= 0.6 is 0 Å². The maximum absolute atomic E-state index is 6.58. The standard InChI is InChI=1S/C18H39N/c1-6-7-8-9-10-11-12-13-14-15-18(19,16(2)3)17(4)5/h16-17H,6-15,19H2,1-5H3. The molecule has 0 fully saturated rings. The van der Waals surface area contributed by atoms with Crippen molar-refractivity contribution in [3.8, 4) is 0 Å². The molecule has 116 valence electrons. The topological polar surface area (TPSA) is 26.0 Å². The molecule has 0 rings (SSSR count). The van der Waals surface area contributed by atoms with Crippen LogP contribution in [0.1, 0.15) is 98.8 Å². The zero-order valence-corrected chi connectivity index (χ0v) is 14.3. The minimum atomic E-state index is 0.0428. The Kier molecular flexibility index (Phi) is 10.7. The lowest BCUT2D eigenvalue weighted by Crippen LogP contribution is -2.49. The van der Waals surface area contributed by atoms with Gasteiger partial charge in [0.2, 0.25) is 0 Å². The van der Waals surface area contributed by atoms with E-state index >= 15 is 0 Å². The third kappa shape index (κ3) is 7.97. The fraction of sp³-hybridized carbons (Fsp3) is 1.00. The van der Waals surface area contributed by atoms with Gasteiger partial charge in [0.05, 0.1) is 0 Å². The molecule has 1 nitrogen and oxygen atoms in total. The summed E-state index contributed by atoms with van der Waals surface area (Å²) in [5.74, 6) is 1.17. The van der Waals surface area contributed by atoms with Crippen LogP contribution in [-0.4, -0.2) is 5.54 Å². The van der Waals surface area contributed by atoms with Gasteiger partial charge < -0.3 is 5.73 Å². The quantitative estimate of drug-likeness (QED) is 0.437. The zero-order chi connectivity index (χ0) is 14.7. The first-order chi connectivity index (χ1) is 8.95. The van der Waals surface area contributed by atoms with E-state index in [4.69, 9.17) is 5.73 Å². The van der Waals surface area contributed by atoms with Crippen LogP contribution in [0.25, 0.3) is 0 Å². The summed E-state index contributed by atoms with van der Waals surface area (Å²) in [6.07, 6.45) is 13.8. The van der Waals surface area contributed by atoms with Crippen LogP contribution in [0.15, 0.2) is 0 Å². The lowest BCUT2D eigenvalue weighted by Gasteiger charge is -2.38. The second-order valence-corrected chi connectivity index (χ2v) is 7.00. The SMILES string of the molecule is CCCCCCCCCCCC(N)(C(C)C)C(C)C. The van der Waals surface area contributed by atoms with Gasteiger partial charge >= 0.3 is 0 Å². The van der Waals surface area contributed by atoms with E-state index in [-0.39, 0.29) is 5.54 Å². The van der Waals surface area contributed by atoms with Crippen molar-refractivity contribution in [2.45, 2.75) is 104 Å². The van der Waals surface area contributed by atoms with Gasteiger partial charge in [-0.2, -0.15) is 0 Å². The van der Waals surface area contributed by atoms with Crippen LogP contribution < -0.4 is 5.73 Å². The molecule has 0 radical (unpaired) electrons. The first-order valence-electron chi connectivity index (χ1n) is 8.74. The fourth-order valence-corrected chi connectivity index (χ4v) is 2.99. The van der Waals surface area contributed by atoms with Gasteiger partial charge in [-0.1, -0.05) is 92.4 Å². The van der Waals surface area contributed by atoms with Crippen LogP contribution in [0.3, 0.4) is 0 Å². The summed E-state index contributed by atoms with van der Waals surface area (Å²) in [4.78, 5) is 0. The molecule has 0 amide bonds. The molecular weight excluding hydrogens is 230 g/mol. The molecule has 0 unspecified atom stereocenters. The molecule has 0 atom stereocenters. The average Bonchev–Trinajstić information content (AvgIpc) is 2.36. The number of unbranched alkanes of at least 4 members (excludes halogenated alkanes) is 8. The van der Waals surface area contributed by atoms with Gasteiger partial charge in [0, 0.05) is 5.54 Å². The van der Waals surface area contributed by atoms with Crippen molar-refractivity contribution in [2.75, 3.05) is 0 Å². The van der Waals surface area contributed by atoms with Gasteiger partial charge in [0.25, 0.3) is 0 Å². The van der Waals surface area contributed by atoms with Crippen molar-refractivity contribution in [1.29, 1.82) is 0 Å². The normalized spacial score (nSPS) is 12.6.